The van der Waals surface area contributed by atoms with Crippen LogP contribution < -0.4 is 5.32 Å². The van der Waals surface area contributed by atoms with Gasteiger partial charge in [0.2, 0.25) is 5.91 Å². The lowest BCUT2D eigenvalue weighted by Crippen LogP contribution is -2.44. The first kappa shape index (κ1) is 17.3. The molecule has 1 amide bonds. The van der Waals surface area contributed by atoms with Crippen LogP contribution in [-0.2, 0) is 15.1 Å². The van der Waals surface area contributed by atoms with Crippen LogP contribution in [0.3, 0.4) is 0 Å². The van der Waals surface area contributed by atoms with Gasteiger partial charge in [0.25, 0.3) is 5.60 Å². The highest BCUT2D eigenvalue weighted by molar-refractivity contribution is 6.30. The van der Waals surface area contributed by atoms with E-state index in [1.165, 1.54) is 12.1 Å². The molecule has 0 radical (unpaired) electrons. The van der Waals surface area contributed by atoms with Crippen molar-refractivity contribution in [2.75, 3.05) is 11.9 Å². The number of hydrogen-bond acceptors (Lipinski definition) is 2. The van der Waals surface area contributed by atoms with E-state index >= 15 is 0 Å². The summed E-state index contributed by atoms with van der Waals surface area (Å²) in [6.45, 7) is -0.782. The zero-order valence-electron chi connectivity index (χ0n) is 12.7. The summed E-state index contributed by atoms with van der Waals surface area (Å²) in [4.78, 5) is 11.7. The van der Waals surface area contributed by atoms with Gasteiger partial charge in [0.1, 0.15) is 6.61 Å². The maximum atomic E-state index is 14.0. The number of rotatable bonds is 0. The van der Waals surface area contributed by atoms with Gasteiger partial charge in [0, 0.05) is 21.8 Å². The molecule has 25 heavy (non-hydrogen) atoms. The van der Waals surface area contributed by atoms with Crippen LogP contribution in [0.1, 0.15) is 11.1 Å². The third kappa shape index (κ3) is 3.34. The van der Waals surface area contributed by atoms with E-state index in [4.69, 9.17) is 16.3 Å². The SMILES string of the molecule is O=C1CO[C@](C#Cc2ccccc2)(C(F)(F)F)c2cc(Cl)ccc2N1. The predicted molar refractivity (Wildman–Crippen MR) is 87.1 cm³/mol. The quantitative estimate of drug-likeness (QED) is 0.713. The van der Waals surface area contributed by atoms with E-state index < -0.39 is 24.3 Å². The summed E-state index contributed by atoms with van der Waals surface area (Å²) < 4.78 is 47.0. The van der Waals surface area contributed by atoms with Crippen LogP contribution >= 0.6 is 11.6 Å². The number of nitrogens with one attached hydrogen (secondary N) is 1. The van der Waals surface area contributed by atoms with Gasteiger partial charge in [-0.15, -0.1) is 0 Å². The maximum Gasteiger partial charge on any atom is 0.433 e. The molecule has 7 heteroatoms. The molecule has 2 aromatic rings. The summed E-state index contributed by atoms with van der Waals surface area (Å²) in [7, 11) is 0. The van der Waals surface area contributed by atoms with E-state index in [-0.39, 0.29) is 16.3 Å². The van der Waals surface area contributed by atoms with Gasteiger partial charge in [0.05, 0.1) is 0 Å². The topological polar surface area (TPSA) is 38.3 Å². The number of fused-ring (bicyclic) bond motifs is 1. The minimum atomic E-state index is -4.89. The van der Waals surface area contributed by atoms with Crippen LogP contribution in [0.15, 0.2) is 48.5 Å². The molecule has 1 heterocycles. The Kier molecular flexibility index (Phi) is 4.46. The first-order valence-corrected chi connectivity index (χ1v) is 7.58. The lowest BCUT2D eigenvalue weighted by molar-refractivity contribution is -0.256. The minimum absolute atomic E-state index is 0.0356. The molecular weight excluding hydrogens is 355 g/mol. The molecular formula is C18H11ClF3NO2. The van der Waals surface area contributed by atoms with Crippen molar-refractivity contribution >= 4 is 23.2 Å². The number of hydrogen-bond donors (Lipinski definition) is 1. The Bertz CT molecular complexity index is 871. The Morgan fingerprint density at radius 1 is 1.16 bits per heavy atom. The normalized spacial score (nSPS) is 19.9. The first-order chi connectivity index (χ1) is 11.8. The number of ether oxygens (including phenoxy) is 1. The van der Waals surface area contributed by atoms with Crippen LogP contribution in [0.25, 0.3) is 0 Å². The fraction of sp³-hybridized carbons (Fsp3) is 0.167. The number of benzene rings is 2. The van der Waals surface area contributed by atoms with Crippen molar-refractivity contribution in [3.8, 4) is 11.8 Å². The highest BCUT2D eigenvalue weighted by Crippen LogP contribution is 2.46. The number of amides is 1. The average molecular weight is 366 g/mol. The minimum Gasteiger partial charge on any atom is -0.340 e. The van der Waals surface area contributed by atoms with Crippen LogP contribution in [-0.4, -0.2) is 18.7 Å². The van der Waals surface area contributed by atoms with Gasteiger partial charge in [-0.2, -0.15) is 13.2 Å². The molecule has 128 valence electrons. The molecule has 1 atom stereocenters. The second-order valence-corrected chi connectivity index (χ2v) is 5.76. The van der Waals surface area contributed by atoms with E-state index in [9.17, 15) is 18.0 Å². The molecule has 1 aliphatic rings. The zero-order valence-corrected chi connectivity index (χ0v) is 13.4. The van der Waals surface area contributed by atoms with Gasteiger partial charge >= 0.3 is 6.18 Å². The van der Waals surface area contributed by atoms with E-state index in [0.29, 0.717) is 5.56 Å². The molecule has 3 nitrogen and oxygen atoms in total. The lowest BCUT2D eigenvalue weighted by atomic mass is 9.91. The van der Waals surface area contributed by atoms with Crippen molar-refractivity contribution in [2.45, 2.75) is 11.8 Å². The highest BCUT2D eigenvalue weighted by Gasteiger charge is 2.59. The molecule has 1 aliphatic heterocycles. The van der Waals surface area contributed by atoms with Crippen molar-refractivity contribution in [2.24, 2.45) is 0 Å². The van der Waals surface area contributed by atoms with Crippen LogP contribution in [0.4, 0.5) is 18.9 Å². The van der Waals surface area contributed by atoms with Crippen molar-refractivity contribution < 1.29 is 22.7 Å². The number of halogens is 4. The summed E-state index contributed by atoms with van der Waals surface area (Å²) in [6.07, 6.45) is -4.89. The van der Waals surface area contributed by atoms with Crippen LogP contribution in [0.5, 0.6) is 0 Å². The van der Waals surface area contributed by atoms with Gasteiger partial charge in [-0.25, -0.2) is 0 Å². The Hall–Kier alpha value is -2.49. The van der Waals surface area contributed by atoms with Gasteiger partial charge < -0.3 is 10.1 Å². The zero-order chi connectivity index (χ0) is 18.1. The van der Waals surface area contributed by atoms with Crippen LogP contribution in [0.2, 0.25) is 5.02 Å². The molecule has 0 bridgehead atoms. The molecule has 0 unspecified atom stereocenters. The largest absolute Gasteiger partial charge is 0.433 e. The van der Waals surface area contributed by atoms with Gasteiger partial charge in [-0.1, -0.05) is 35.7 Å². The number of anilines is 1. The number of carbonyl (C=O) groups excluding carboxylic acids is 1. The van der Waals surface area contributed by atoms with Crippen molar-refractivity contribution in [3.05, 3.63) is 64.7 Å². The third-order valence-corrected chi connectivity index (χ3v) is 3.85. The van der Waals surface area contributed by atoms with E-state index in [1.54, 1.807) is 30.3 Å². The summed E-state index contributed by atoms with van der Waals surface area (Å²) in [5.74, 6) is 3.98. The molecule has 0 aromatic heterocycles. The Balaban J connectivity index is 2.24. The highest BCUT2D eigenvalue weighted by atomic mass is 35.5. The predicted octanol–water partition coefficient (Wildman–Crippen LogP) is 4.12. The molecule has 0 aliphatic carbocycles. The molecule has 0 spiro atoms. The standard InChI is InChI=1S/C18H11ClF3NO2/c19-13-6-7-15-14(10-13)17(18(20,21)22,25-11-16(24)23-15)9-8-12-4-2-1-3-5-12/h1-7,10H,11H2,(H,23,24)/t17-/m0/s1. The van der Waals surface area contributed by atoms with E-state index in [0.717, 1.165) is 6.07 Å². The van der Waals surface area contributed by atoms with Gasteiger partial charge in [0.15, 0.2) is 0 Å². The van der Waals surface area contributed by atoms with Crippen molar-refractivity contribution in [1.82, 2.24) is 0 Å². The lowest BCUT2D eigenvalue weighted by Gasteiger charge is -2.30. The van der Waals surface area contributed by atoms with Crippen LogP contribution in [0, 0.1) is 11.8 Å². The number of carbonyl (C=O) groups is 1. The molecule has 0 fully saturated rings. The smallest absolute Gasteiger partial charge is 0.340 e. The fourth-order valence-corrected chi connectivity index (χ4v) is 2.62. The number of alkyl halides is 3. The molecule has 0 saturated carbocycles. The summed E-state index contributed by atoms with van der Waals surface area (Å²) >= 11 is 5.88. The molecule has 1 N–H and O–H groups in total. The Morgan fingerprint density at radius 2 is 1.88 bits per heavy atom. The second-order valence-electron chi connectivity index (χ2n) is 5.32. The van der Waals surface area contributed by atoms with E-state index in [2.05, 4.69) is 17.2 Å². The first-order valence-electron chi connectivity index (χ1n) is 7.21. The maximum absolute atomic E-state index is 14.0. The van der Waals surface area contributed by atoms with E-state index in [1.807, 2.05) is 0 Å². The summed E-state index contributed by atoms with van der Waals surface area (Å²) in [6, 6.07) is 12.0. The monoisotopic (exact) mass is 365 g/mol. The second kappa shape index (κ2) is 6.43. The molecule has 0 saturated heterocycles. The third-order valence-electron chi connectivity index (χ3n) is 3.61. The summed E-state index contributed by atoms with van der Waals surface area (Å²) in [5.41, 5.74) is -2.96. The van der Waals surface area contributed by atoms with Crippen molar-refractivity contribution in [1.29, 1.82) is 0 Å². The fourth-order valence-electron chi connectivity index (χ4n) is 2.45. The Labute approximate surface area is 146 Å². The Morgan fingerprint density at radius 3 is 2.56 bits per heavy atom. The summed E-state index contributed by atoms with van der Waals surface area (Å²) in [5, 5.41) is 2.46. The average Bonchev–Trinajstić information content (AvgIpc) is 2.70. The van der Waals surface area contributed by atoms with Crippen molar-refractivity contribution in [3.63, 3.8) is 0 Å². The van der Waals surface area contributed by atoms with Gasteiger partial charge in [-0.05, 0) is 36.3 Å². The van der Waals surface area contributed by atoms with Gasteiger partial charge in [-0.3, -0.25) is 4.79 Å². The molecule has 2 aromatic carbocycles. The molecule has 3 rings (SSSR count).